The third-order valence-electron chi connectivity index (χ3n) is 5.09. The fourth-order valence-electron chi connectivity index (χ4n) is 3.40. The first-order valence-corrected chi connectivity index (χ1v) is 13.0. The number of thiophene rings is 1. The van der Waals surface area contributed by atoms with Crippen LogP contribution in [-0.2, 0) is 9.53 Å². The molecular weight excluding hydrogens is 474 g/mol. The fraction of sp³-hybridized carbons (Fsp3) is 0.370. The molecule has 4 heterocycles. The highest BCUT2D eigenvalue weighted by Crippen LogP contribution is 2.34. The smallest absolute Gasteiger partial charge is 0.407 e. The number of amides is 1. The maximum atomic E-state index is 10.1. The summed E-state index contributed by atoms with van der Waals surface area (Å²) in [7, 11) is 3.41. The monoisotopic (exact) mass is 511 g/mol. The van der Waals surface area contributed by atoms with Gasteiger partial charge in [-0.2, -0.15) is 0 Å². The number of alkyl carbamates (subject to hydrolysis) is 1. The number of imidazole rings is 1. The Morgan fingerprint density at radius 3 is 2.42 bits per heavy atom. The van der Waals surface area contributed by atoms with Crippen molar-refractivity contribution in [3.05, 3.63) is 60.5 Å². The lowest BCUT2D eigenvalue weighted by molar-refractivity contribution is -0.107. The minimum Gasteiger partial charge on any atom is -0.453 e. The third kappa shape index (κ3) is 8.98. The van der Waals surface area contributed by atoms with Crippen molar-refractivity contribution in [3.63, 3.8) is 0 Å². The van der Waals surface area contributed by atoms with Gasteiger partial charge < -0.3 is 29.3 Å². The van der Waals surface area contributed by atoms with Gasteiger partial charge in [-0.1, -0.05) is 38.5 Å². The Kier molecular flexibility index (Phi) is 13.0. The largest absolute Gasteiger partial charge is 0.453 e. The molecule has 0 bridgehead atoms. The zero-order valence-electron chi connectivity index (χ0n) is 21.6. The second kappa shape index (κ2) is 16.3. The number of methoxy groups -OCH3 is 1. The predicted molar refractivity (Wildman–Crippen MR) is 148 cm³/mol. The lowest BCUT2D eigenvalue weighted by Crippen LogP contribution is -2.24. The van der Waals surface area contributed by atoms with Crippen molar-refractivity contribution in [2.45, 2.75) is 33.1 Å². The number of aromatic nitrogens is 3. The summed E-state index contributed by atoms with van der Waals surface area (Å²) in [5, 5.41) is 5.59. The van der Waals surface area contributed by atoms with E-state index in [-0.39, 0.29) is 6.54 Å². The van der Waals surface area contributed by atoms with E-state index in [4.69, 9.17) is 0 Å². The van der Waals surface area contributed by atoms with Gasteiger partial charge in [-0.25, -0.2) is 9.78 Å². The van der Waals surface area contributed by atoms with Crippen molar-refractivity contribution >= 4 is 33.9 Å². The van der Waals surface area contributed by atoms with Crippen LogP contribution in [0, 0.1) is 0 Å². The molecule has 0 spiro atoms. The van der Waals surface area contributed by atoms with Crippen molar-refractivity contribution in [2.24, 2.45) is 0 Å². The summed E-state index contributed by atoms with van der Waals surface area (Å²) >= 11 is 1.76. The molecule has 0 radical (unpaired) electrons. The van der Waals surface area contributed by atoms with E-state index < -0.39 is 6.09 Å². The van der Waals surface area contributed by atoms with Gasteiger partial charge in [0.25, 0.3) is 0 Å². The number of rotatable bonds is 4. The molecule has 0 unspecified atom stereocenters. The van der Waals surface area contributed by atoms with Crippen LogP contribution >= 0.6 is 11.3 Å². The van der Waals surface area contributed by atoms with Crippen molar-refractivity contribution in [1.82, 2.24) is 24.8 Å². The molecule has 0 aliphatic carbocycles. The molecule has 4 aromatic rings. The molecule has 8 nitrogen and oxygen atoms in total. The van der Waals surface area contributed by atoms with Gasteiger partial charge in [0.1, 0.15) is 11.1 Å². The van der Waals surface area contributed by atoms with Gasteiger partial charge in [-0.05, 0) is 51.2 Å². The van der Waals surface area contributed by atoms with Crippen molar-refractivity contribution in [1.29, 1.82) is 0 Å². The summed E-state index contributed by atoms with van der Waals surface area (Å²) in [4.78, 5) is 30.5. The first-order valence-electron chi connectivity index (χ1n) is 12.1. The fourth-order valence-corrected chi connectivity index (χ4v) is 4.47. The second-order valence-corrected chi connectivity index (χ2v) is 8.97. The zero-order valence-corrected chi connectivity index (χ0v) is 22.4. The van der Waals surface area contributed by atoms with E-state index in [0.29, 0.717) is 6.29 Å². The third-order valence-corrected chi connectivity index (χ3v) is 6.08. The number of carbonyl (C=O) groups is 2. The minimum absolute atomic E-state index is 0.00662. The van der Waals surface area contributed by atoms with E-state index in [1.807, 2.05) is 12.3 Å². The number of H-pyrrole nitrogens is 1. The number of benzene rings is 1. The molecule has 5 rings (SSSR count). The number of aromatic amines is 1. The highest BCUT2D eigenvalue weighted by atomic mass is 32.1. The van der Waals surface area contributed by atoms with Gasteiger partial charge in [0.05, 0.1) is 31.9 Å². The normalized spacial score (nSPS) is 12.3. The summed E-state index contributed by atoms with van der Waals surface area (Å²) in [6.45, 7) is 6.90. The first kappa shape index (κ1) is 28.8. The summed E-state index contributed by atoms with van der Waals surface area (Å²) in [6.07, 6.45) is 9.77. The molecule has 1 aliphatic heterocycles. The summed E-state index contributed by atoms with van der Waals surface area (Å²) in [6, 6.07) is 12.6. The molecule has 2 N–H and O–H groups in total. The van der Waals surface area contributed by atoms with Crippen LogP contribution in [0.2, 0.25) is 0 Å². The maximum Gasteiger partial charge on any atom is 0.407 e. The number of aldehydes is 1. The maximum absolute atomic E-state index is 10.1. The zero-order chi connectivity index (χ0) is 26.2. The van der Waals surface area contributed by atoms with Crippen molar-refractivity contribution < 1.29 is 14.3 Å². The number of nitrogens with zero attached hydrogens (tertiary/aromatic N) is 3. The molecule has 3 aromatic heterocycles. The number of ether oxygens (including phenoxy) is 1. The molecule has 0 saturated carbocycles. The molecule has 1 aromatic carbocycles. The Bertz CT molecular complexity index is 1130. The SMILES string of the molecule is CCC.CN1CCCC1.COC(=O)NCC=O.c1ccc(-n2ccc3c(-c4cnc[nH]4)csc32)cc1. The first-order chi connectivity index (χ1) is 17.5. The van der Waals surface area contributed by atoms with Crippen molar-refractivity contribution in [3.8, 4) is 16.9 Å². The van der Waals surface area contributed by atoms with Gasteiger partial charge in [-0.3, -0.25) is 0 Å². The van der Waals surface area contributed by atoms with Gasteiger partial charge in [0, 0.05) is 28.2 Å². The molecule has 36 heavy (non-hydrogen) atoms. The quantitative estimate of drug-likeness (QED) is 0.340. The summed E-state index contributed by atoms with van der Waals surface area (Å²) < 4.78 is 6.37. The lowest BCUT2D eigenvalue weighted by atomic mass is 10.2. The van der Waals surface area contributed by atoms with Crippen LogP contribution in [0.25, 0.3) is 27.2 Å². The number of hydrogen-bond acceptors (Lipinski definition) is 6. The highest BCUT2D eigenvalue weighted by Gasteiger charge is 2.11. The molecule has 9 heteroatoms. The number of nitrogens with one attached hydrogen (secondary N) is 2. The van der Waals surface area contributed by atoms with E-state index in [9.17, 15) is 9.59 Å². The molecule has 1 saturated heterocycles. The number of fused-ring (bicyclic) bond motifs is 1. The molecule has 1 amide bonds. The Balaban J connectivity index is 0.000000223. The highest BCUT2D eigenvalue weighted by molar-refractivity contribution is 7.17. The van der Waals surface area contributed by atoms with E-state index in [2.05, 4.69) is 92.3 Å². The van der Waals surface area contributed by atoms with E-state index >= 15 is 0 Å². The van der Waals surface area contributed by atoms with Crippen LogP contribution in [0.5, 0.6) is 0 Å². The van der Waals surface area contributed by atoms with Gasteiger partial charge in [-0.15, -0.1) is 11.3 Å². The van der Waals surface area contributed by atoms with Crippen LogP contribution in [0.4, 0.5) is 4.79 Å². The van der Waals surface area contributed by atoms with Gasteiger partial charge in [0.15, 0.2) is 0 Å². The van der Waals surface area contributed by atoms with E-state index in [1.54, 1.807) is 17.7 Å². The molecule has 194 valence electrons. The molecule has 0 atom stereocenters. The minimum atomic E-state index is -0.586. The summed E-state index contributed by atoms with van der Waals surface area (Å²) in [5.41, 5.74) is 3.47. The van der Waals surface area contributed by atoms with Crippen LogP contribution in [-0.4, -0.2) is 65.6 Å². The Morgan fingerprint density at radius 1 is 1.19 bits per heavy atom. The van der Waals surface area contributed by atoms with E-state index in [1.165, 1.54) is 60.9 Å². The standard InChI is InChI=1S/C15H11N3S.C5H11N.C4H7NO3.C3H8/c1-2-4-11(5-3-1)18-7-6-12-13(9-19-15(12)18)14-8-16-10-17-14;1-6-4-2-3-5-6;1-8-4(7)5-2-3-6;1-3-2/h1-10H,(H,16,17);2-5H2,1H3;3H,2H2,1H3,(H,5,7);3H2,1-2H3. The topological polar surface area (TPSA) is 92.2 Å². The lowest BCUT2D eigenvalue weighted by Gasteiger charge is -2.02. The van der Waals surface area contributed by atoms with Crippen LogP contribution in [0.1, 0.15) is 33.1 Å². The number of likely N-dealkylation sites (tertiary alicyclic amines) is 1. The number of carbonyl (C=O) groups excluding carboxylic acids is 2. The Morgan fingerprint density at radius 2 is 1.89 bits per heavy atom. The average molecular weight is 512 g/mol. The Labute approximate surface area is 217 Å². The summed E-state index contributed by atoms with van der Waals surface area (Å²) in [5.74, 6) is 0. The van der Waals surface area contributed by atoms with Crippen molar-refractivity contribution in [2.75, 3.05) is 33.8 Å². The number of para-hydroxylation sites is 1. The molecular formula is C27H37N5O3S. The molecule has 1 fully saturated rings. The number of hydrogen-bond donors (Lipinski definition) is 2. The average Bonchev–Trinajstić information content (AvgIpc) is 3.70. The van der Waals surface area contributed by atoms with Gasteiger partial charge >= 0.3 is 6.09 Å². The van der Waals surface area contributed by atoms with Crippen LogP contribution in [0.3, 0.4) is 0 Å². The van der Waals surface area contributed by atoms with Crippen LogP contribution in [0.15, 0.2) is 60.5 Å². The molecule has 1 aliphatic rings. The predicted octanol–water partition coefficient (Wildman–Crippen LogP) is 5.75. The van der Waals surface area contributed by atoms with E-state index in [0.717, 1.165) is 5.69 Å². The van der Waals surface area contributed by atoms with Gasteiger partial charge in [0.2, 0.25) is 0 Å². The second-order valence-electron chi connectivity index (χ2n) is 8.11. The van der Waals surface area contributed by atoms with Crippen LogP contribution < -0.4 is 5.32 Å². The Hall–Kier alpha value is -3.43.